The average molecular weight is 349 g/mol. The Bertz CT molecular complexity index is 536. The highest BCUT2D eigenvalue weighted by molar-refractivity contribution is 5.87. The van der Waals surface area contributed by atoms with Gasteiger partial charge in [-0.1, -0.05) is 37.3 Å². The molecule has 0 heterocycles. The molecule has 1 aromatic carbocycles. The van der Waals surface area contributed by atoms with Gasteiger partial charge < -0.3 is 14.4 Å². The molecule has 1 unspecified atom stereocenters. The maximum atomic E-state index is 12.4. The summed E-state index contributed by atoms with van der Waals surface area (Å²) < 4.78 is 10.9. The highest BCUT2D eigenvalue weighted by Crippen LogP contribution is 2.14. The Labute approximate surface area is 151 Å². The van der Waals surface area contributed by atoms with Gasteiger partial charge in [-0.05, 0) is 39.2 Å². The van der Waals surface area contributed by atoms with Crippen LogP contribution >= 0.6 is 0 Å². The van der Waals surface area contributed by atoms with E-state index >= 15 is 0 Å². The van der Waals surface area contributed by atoms with Gasteiger partial charge in [0.15, 0.2) is 5.78 Å². The molecule has 5 heteroatoms. The van der Waals surface area contributed by atoms with Crippen LogP contribution in [0.25, 0.3) is 0 Å². The predicted molar refractivity (Wildman–Crippen MR) is 98.4 cm³/mol. The quantitative estimate of drug-likeness (QED) is 0.627. The standard InChI is InChI=1S/C20H31NO4/c1-6-17(21(5)19(23)25-20(2,3)4)18(22)13-10-14-24-15-16-11-8-7-9-12-16/h7-9,11-12,17H,6,10,13-15H2,1-5H3. The average Bonchev–Trinajstić information content (AvgIpc) is 2.54. The summed E-state index contributed by atoms with van der Waals surface area (Å²) in [6, 6.07) is 9.47. The van der Waals surface area contributed by atoms with E-state index in [0.29, 0.717) is 32.5 Å². The fourth-order valence-corrected chi connectivity index (χ4v) is 2.46. The molecule has 1 aromatic rings. The van der Waals surface area contributed by atoms with Crippen molar-refractivity contribution < 1.29 is 19.1 Å². The molecule has 0 fully saturated rings. The Balaban J connectivity index is 2.36. The minimum Gasteiger partial charge on any atom is -0.444 e. The first kappa shape index (κ1) is 21.2. The van der Waals surface area contributed by atoms with Crippen molar-refractivity contribution in [3.8, 4) is 0 Å². The molecule has 0 spiro atoms. The zero-order valence-electron chi connectivity index (χ0n) is 16.1. The van der Waals surface area contributed by atoms with Gasteiger partial charge in [-0.25, -0.2) is 4.79 Å². The lowest BCUT2D eigenvalue weighted by Crippen LogP contribution is -2.44. The van der Waals surface area contributed by atoms with Crippen molar-refractivity contribution in [3.05, 3.63) is 35.9 Å². The first-order valence-corrected chi connectivity index (χ1v) is 8.84. The van der Waals surface area contributed by atoms with Crippen LogP contribution < -0.4 is 0 Å². The lowest BCUT2D eigenvalue weighted by Gasteiger charge is -2.29. The number of carbonyl (C=O) groups is 2. The second-order valence-electron chi connectivity index (χ2n) is 7.12. The molecule has 0 aliphatic rings. The molecule has 1 rings (SSSR count). The zero-order valence-corrected chi connectivity index (χ0v) is 16.1. The van der Waals surface area contributed by atoms with Crippen molar-refractivity contribution >= 4 is 11.9 Å². The number of hydrogen-bond acceptors (Lipinski definition) is 4. The monoisotopic (exact) mass is 349 g/mol. The number of amides is 1. The largest absolute Gasteiger partial charge is 0.444 e. The third-order valence-electron chi connectivity index (χ3n) is 3.73. The normalized spacial score (nSPS) is 12.5. The fourth-order valence-electron chi connectivity index (χ4n) is 2.46. The summed E-state index contributed by atoms with van der Waals surface area (Å²) in [6.45, 7) is 8.40. The topological polar surface area (TPSA) is 55.8 Å². The number of Topliss-reactive ketones (excluding diaryl/α,β-unsaturated/α-hetero) is 1. The van der Waals surface area contributed by atoms with Crippen molar-refractivity contribution in [3.63, 3.8) is 0 Å². The van der Waals surface area contributed by atoms with Crippen LogP contribution in [0.5, 0.6) is 0 Å². The molecule has 1 atom stereocenters. The van der Waals surface area contributed by atoms with Gasteiger partial charge in [-0.15, -0.1) is 0 Å². The Morgan fingerprint density at radius 1 is 1.16 bits per heavy atom. The number of carbonyl (C=O) groups excluding carboxylic acids is 2. The third-order valence-corrected chi connectivity index (χ3v) is 3.73. The molecule has 140 valence electrons. The van der Waals surface area contributed by atoms with Crippen LogP contribution in [0.3, 0.4) is 0 Å². The summed E-state index contributed by atoms with van der Waals surface area (Å²) in [6.07, 6.45) is 1.14. The van der Waals surface area contributed by atoms with Crippen molar-refractivity contribution in [1.82, 2.24) is 4.90 Å². The number of benzene rings is 1. The molecule has 0 radical (unpaired) electrons. The summed E-state index contributed by atoms with van der Waals surface area (Å²) in [7, 11) is 1.62. The van der Waals surface area contributed by atoms with E-state index in [-0.39, 0.29) is 5.78 Å². The van der Waals surface area contributed by atoms with Gasteiger partial charge in [0.25, 0.3) is 0 Å². The van der Waals surface area contributed by atoms with Crippen LogP contribution in [-0.4, -0.2) is 42.1 Å². The van der Waals surface area contributed by atoms with Gasteiger partial charge in [-0.3, -0.25) is 4.79 Å². The summed E-state index contributed by atoms with van der Waals surface area (Å²) in [5, 5.41) is 0. The van der Waals surface area contributed by atoms with E-state index in [1.165, 1.54) is 4.90 Å². The number of rotatable bonds is 9. The number of ketones is 1. The first-order chi connectivity index (χ1) is 11.7. The van der Waals surface area contributed by atoms with Gasteiger partial charge in [0.1, 0.15) is 5.60 Å². The van der Waals surface area contributed by atoms with Gasteiger partial charge in [0.05, 0.1) is 12.6 Å². The molecule has 1 amide bonds. The molecular formula is C20H31NO4. The molecule has 0 aliphatic heterocycles. The van der Waals surface area contributed by atoms with E-state index in [9.17, 15) is 9.59 Å². The van der Waals surface area contributed by atoms with Crippen LogP contribution in [0.4, 0.5) is 4.79 Å². The second-order valence-corrected chi connectivity index (χ2v) is 7.12. The lowest BCUT2D eigenvalue weighted by atomic mass is 10.0. The van der Waals surface area contributed by atoms with E-state index in [1.807, 2.05) is 58.0 Å². The number of ether oxygens (including phenoxy) is 2. The van der Waals surface area contributed by atoms with Gasteiger partial charge in [-0.2, -0.15) is 0 Å². The van der Waals surface area contributed by atoms with Crippen LogP contribution in [0.1, 0.15) is 52.5 Å². The fraction of sp³-hybridized carbons (Fsp3) is 0.600. The summed E-state index contributed by atoms with van der Waals surface area (Å²) in [4.78, 5) is 25.9. The predicted octanol–water partition coefficient (Wildman–Crippen LogP) is 4.20. The van der Waals surface area contributed by atoms with E-state index in [2.05, 4.69) is 0 Å². The minimum atomic E-state index is -0.571. The third kappa shape index (κ3) is 8.16. The van der Waals surface area contributed by atoms with Gasteiger partial charge in [0.2, 0.25) is 0 Å². The minimum absolute atomic E-state index is 0.0409. The highest BCUT2D eigenvalue weighted by Gasteiger charge is 2.28. The Kier molecular flexibility index (Phi) is 8.62. The first-order valence-electron chi connectivity index (χ1n) is 8.84. The van der Waals surface area contributed by atoms with Gasteiger partial charge >= 0.3 is 6.09 Å². The van der Waals surface area contributed by atoms with E-state index in [1.54, 1.807) is 7.05 Å². The molecule has 0 aliphatic carbocycles. The maximum absolute atomic E-state index is 12.4. The Morgan fingerprint density at radius 2 is 1.80 bits per heavy atom. The molecule has 0 bridgehead atoms. The van der Waals surface area contributed by atoms with Crippen molar-refractivity contribution in [2.75, 3.05) is 13.7 Å². The molecular weight excluding hydrogens is 318 g/mol. The van der Waals surface area contributed by atoms with Crippen LogP contribution in [0, 0.1) is 0 Å². The summed E-state index contributed by atoms with van der Waals surface area (Å²) >= 11 is 0. The van der Waals surface area contributed by atoms with Crippen LogP contribution in [0.2, 0.25) is 0 Å². The van der Waals surface area contributed by atoms with Crippen molar-refractivity contribution in [1.29, 1.82) is 0 Å². The van der Waals surface area contributed by atoms with Crippen LogP contribution in [0.15, 0.2) is 30.3 Å². The SMILES string of the molecule is CCC(C(=O)CCCOCc1ccccc1)N(C)C(=O)OC(C)(C)C. The molecule has 25 heavy (non-hydrogen) atoms. The van der Waals surface area contributed by atoms with Crippen LogP contribution in [-0.2, 0) is 20.9 Å². The number of nitrogens with zero attached hydrogens (tertiary/aromatic N) is 1. The zero-order chi connectivity index (χ0) is 18.9. The lowest BCUT2D eigenvalue weighted by molar-refractivity contribution is -0.124. The highest BCUT2D eigenvalue weighted by atomic mass is 16.6. The molecule has 0 aromatic heterocycles. The Morgan fingerprint density at radius 3 is 2.36 bits per heavy atom. The molecule has 0 saturated heterocycles. The number of hydrogen-bond donors (Lipinski definition) is 0. The summed E-state index contributed by atoms with van der Waals surface area (Å²) in [5.74, 6) is 0.0409. The molecule has 0 N–H and O–H groups in total. The second kappa shape index (κ2) is 10.2. The maximum Gasteiger partial charge on any atom is 0.410 e. The number of likely N-dealkylation sites (N-methyl/N-ethyl adjacent to an activating group) is 1. The molecule has 5 nitrogen and oxygen atoms in total. The van der Waals surface area contributed by atoms with Gasteiger partial charge in [0, 0.05) is 20.1 Å². The summed E-state index contributed by atoms with van der Waals surface area (Å²) in [5.41, 5.74) is 0.544. The van der Waals surface area contributed by atoms with E-state index in [0.717, 1.165) is 5.56 Å². The van der Waals surface area contributed by atoms with Crippen molar-refractivity contribution in [2.24, 2.45) is 0 Å². The van der Waals surface area contributed by atoms with Crippen molar-refractivity contribution in [2.45, 2.75) is 65.2 Å². The Hall–Kier alpha value is -1.88. The smallest absolute Gasteiger partial charge is 0.410 e. The van der Waals surface area contributed by atoms with E-state index in [4.69, 9.17) is 9.47 Å². The molecule has 0 saturated carbocycles. The van der Waals surface area contributed by atoms with E-state index < -0.39 is 17.7 Å².